The molecule has 3 rings (SSSR count). The number of halogens is 1. The Labute approximate surface area is 200 Å². The topological polar surface area (TPSA) is 79.3 Å². The molecule has 1 saturated heterocycles. The van der Waals surface area contributed by atoms with E-state index in [-0.39, 0.29) is 24.8 Å². The second-order valence-electron chi connectivity index (χ2n) is 8.32. The maximum Gasteiger partial charge on any atom is 0.305 e. The van der Waals surface area contributed by atoms with Crippen molar-refractivity contribution in [3.05, 3.63) is 59.9 Å². The lowest BCUT2D eigenvalue weighted by Gasteiger charge is -2.36. The zero-order valence-electron chi connectivity index (χ0n) is 19.6. The molecule has 1 aliphatic heterocycles. The van der Waals surface area contributed by atoms with Gasteiger partial charge in [-0.05, 0) is 56.0 Å². The third kappa shape index (κ3) is 7.73. The molecule has 0 aliphatic carbocycles. The number of carboxylic acids is 1. The summed E-state index contributed by atoms with van der Waals surface area (Å²) < 4.78 is 25.2. The van der Waals surface area contributed by atoms with Gasteiger partial charge in [0, 0.05) is 26.2 Å². The molecule has 8 heteroatoms. The molecule has 1 fully saturated rings. The van der Waals surface area contributed by atoms with Gasteiger partial charge in [-0.3, -0.25) is 9.59 Å². The molecule has 0 aromatic heterocycles. The van der Waals surface area contributed by atoms with E-state index in [4.69, 9.17) is 9.47 Å². The first-order valence-corrected chi connectivity index (χ1v) is 11.8. The number of aryl methyl sites for hydroxylation is 1. The Balaban J connectivity index is 1.42. The summed E-state index contributed by atoms with van der Waals surface area (Å²) >= 11 is 0. The van der Waals surface area contributed by atoms with Crippen molar-refractivity contribution in [3.8, 4) is 5.75 Å². The first-order valence-electron chi connectivity index (χ1n) is 11.8. The van der Waals surface area contributed by atoms with Gasteiger partial charge < -0.3 is 24.4 Å². The number of hydrogen-bond acceptors (Lipinski definition) is 5. The number of piperazine rings is 1. The fourth-order valence-corrected chi connectivity index (χ4v) is 4.08. The second-order valence-corrected chi connectivity index (χ2v) is 8.32. The number of hydrogen-bond donors (Lipinski definition) is 1. The predicted octanol–water partition coefficient (Wildman–Crippen LogP) is 3.76. The molecule has 1 heterocycles. The summed E-state index contributed by atoms with van der Waals surface area (Å²) in [5.74, 6) is -0.564. The molecular formula is C26H33FN2O5. The number of aliphatic carboxylic acids is 1. The lowest BCUT2D eigenvalue weighted by molar-refractivity contribution is -0.145. The number of carbonyl (C=O) groups excluding carboxylic acids is 1. The fraction of sp³-hybridized carbons (Fsp3) is 0.462. The van der Waals surface area contributed by atoms with Crippen LogP contribution < -0.4 is 9.64 Å². The minimum absolute atomic E-state index is 0.141. The Bertz CT molecular complexity index is 929. The fourth-order valence-electron chi connectivity index (χ4n) is 4.08. The summed E-state index contributed by atoms with van der Waals surface area (Å²) in [6.07, 6.45) is 1.42. The molecule has 0 saturated carbocycles. The monoisotopic (exact) mass is 472 g/mol. The molecule has 1 aliphatic rings. The zero-order chi connectivity index (χ0) is 24.3. The highest BCUT2D eigenvalue weighted by Crippen LogP contribution is 2.20. The van der Waals surface area contributed by atoms with Gasteiger partial charge in [0.25, 0.3) is 0 Å². The van der Waals surface area contributed by atoms with Crippen molar-refractivity contribution in [1.82, 2.24) is 4.90 Å². The minimum atomic E-state index is -0.947. The lowest BCUT2D eigenvalue weighted by Crippen LogP contribution is -2.50. The molecule has 1 amide bonds. The normalized spacial score (nSPS) is 14.6. The number of rotatable bonds is 12. The second kappa shape index (κ2) is 12.9. The van der Waals surface area contributed by atoms with Crippen molar-refractivity contribution in [2.24, 2.45) is 0 Å². The van der Waals surface area contributed by atoms with Crippen LogP contribution in [0.25, 0.3) is 0 Å². The van der Waals surface area contributed by atoms with Crippen LogP contribution in [0.2, 0.25) is 0 Å². The van der Waals surface area contributed by atoms with Gasteiger partial charge >= 0.3 is 5.97 Å². The summed E-state index contributed by atoms with van der Waals surface area (Å²) in [4.78, 5) is 27.5. The predicted molar refractivity (Wildman–Crippen MR) is 128 cm³/mol. The van der Waals surface area contributed by atoms with Crippen molar-refractivity contribution < 1.29 is 28.6 Å². The highest BCUT2D eigenvalue weighted by Gasteiger charge is 2.24. The van der Waals surface area contributed by atoms with Crippen LogP contribution in [-0.2, 0) is 20.7 Å². The molecule has 7 nitrogen and oxygen atoms in total. The lowest BCUT2D eigenvalue weighted by atomic mass is 10.0. The summed E-state index contributed by atoms with van der Waals surface area (Å²) in [5, 5.41) is 9.23. The van der Waals surface area contributed by atoms with E-state index < -0.39 is 12.1 Å². The highest BCUT2D eigenvalue weighted by atomic mass is 19.1. The largest absolute Gasteiger partial charge is 0.494 e. The summed E-state index contributed by atoms with van der Waals surface area (Å²) in [6.45, 7) is 4.41. The number of carboxylic acid groups (broad SMARTS) is 1. The number of amides is 1. The first-order chi connectivity index (χ1) is 16.5. The van der Waals surface area contributed by atoms with Crippen LogP contribution in [0.4, 0.5) is 10.1 Å². The van der Waals surface area contributed by atoms with Gasteiger partial charge in [0.2, 0.25) is 5.91 Å². The van der Waals surface area contributed by atoms with Crippen LogP contribution in [0.1, 0.15) is 31.7 Å². The van der Waals surface area contributed by atoms with Gasteiger partial charge in [-0.2, -0.15) is 0 Å². The van der Waals surface area contributed by atoms with E-state index in [9.17, 15) is 19.1 Å². The van der Waals surface area contributed by atoms with Crippen LogP contribution in [0.5, 0.6) is 5.75 Å². The van der Waals surface area contributed by atoms with E-state index in [2.05, 4.69) is 0 Å². The Hall–Kier alpha value is -3.13. The average molecular weight is 473 g/mol. The van der Waals surface area contributed by atoms with Gasteiger partial charge in [-0.15, -0.1) is 0 Å². The number of ether oxygens (including phenoxy) is 2. The molecule has 2 aromatic rings. The Morgan fingerprint density at radius 3 is 2.41 bits per heavy atom. The van der Waals surface area contributed by atoms with Crippen LogP contribution >= 0.6 is 0 Å². The molecule has 0 radical (unpaired) electrons. The van der Waals surface area contributed by atoms with Crippen molar-refractivity contribution in [3.63, 3.8) is 0 Å². The van der Waals surface area contributed by atoms with Crippen LogP contribution in [0, 0.1) is 5.82 Å². The molecule has 0 bridgehead atoms. The van der Waals surface area contributed by atoms with Crippen molar-refractivity contribution in [2.45, 2.75) is 38.7 Å². The Kier molecular flexibility index (Phi) is 9.70. The Morgan fingerprint density at radius 2 is 1.76 bits per heavy atom. The number of carbonyl (C=O) groups is 2. The molecular weight excluding hydrogens is 439 g/mol. The van der Waals surface area contributed by atoms with Gasteiger partial charge in [-0.25, -0.2) is 4.39 Å². The standard InChI is InChI=1S/C26H33FN2O5/c1-2-33-21-12-10-20(11-13-21)6-5-7-22(18-26(31)32)34-19-25(30)29-16-14-28(15-17-29)24-9-4-3-8-23(24)27/h3-4,8-13,22H,2,5-7,14-19H2,1H3,(H,31,32). The minimum Gasteiger partial charge on any atom is -0.494 e. The molecule has 1 unspecified atom stereocenters. The van der Waals surface area contributed by atoms with E-state index in [0.29, 0.717) is 44.9 Å². The average Bonchev–Trinajstić information content (AvgIpc) is 2.83. The van der Waals surface area contributed by atoms with Gasteiger partial charge in [0.1, 0.15) is 18.2 Å². The van der Waals surface area contributed by atoms with E-state index in [1.54, 1.807) is 23.1 Å². The van der Waals surface area contributed by atoms with Crippen LogP contribution in [0.3, 0.4) is 0 Å². The van der Waals surface area contributed by atoms with Gasteiger partial charge in [0.15, 0.2) is 0 Å². The van der Waals surface area contributed by atoms with Crippen LogP contribution in [0.15, 0.2) is 48.5 Å². The van der Waals surface area contributed by atoms with E-state index in [1.165, 1.54) is 6.07 Å². The molecule has 2 aromatic carbocycles. The third-order valence-electron chi connectivity index (χ3n) is 5.90. The molecule has 0 spiro atoms. The number of para-hydroxylation sites is 1. The van der Waals surface area contributed by atoms with Crippen LogP contribution in [-0.4, -0.2) is 67.4 Å². The Morgan fingerprint density at radius 1 is 1.06 bits per heavy atom. The van der Waals surface area contributed by atoms with Crippen molar-refractivity contribution in [2.75, 3.05) is 44.3 Å². The number of benzene rings is 2. The van der Waals surface area contributed by atoms with E-state index >= 15 is 0 Å². The third-order valence-corrected chi connectivity index (χ3v) is 5.90. The van der Waals surface area contributed by atoms with Gasteiger partial charge in [-0.1, -0.05) is 24.3 Å². The maximum absolute atomic E-state index is 14.0. The smallest absolute Gasteiger partial charge is 0.305 e. The van der Waals surface area contributed by atoms with Crippen molar-refractivity contribution in [1.29, 1.82) is 0 Å². The quantitative estimate of drug-likeness (QED) is 0.507. The molecule has 34 heavy (non-hydrogen) atoms. The summed E-state index contributed by atoms with van der Waals surface area (Å²) in [6, 6.07) is 14.5. The zero-order valence-corrected chi connectivity index (χ0v) is 19.6. The SMILES string of the molecule is CCOc1ccc(CCCC(CC(=O)O)OCC(=O)N2CCN(c3ccccc3F)CC2)cc1. The molecule has 184 valence electrons. The maximum atomic E-state index is 14.0. The van der Waals surface area contributed by atoms with Crippen molar-refractivity contribution >= 4 is 17.6 Å². The van der Waals surface area contributed by atoms with Gasteiger partial charge in [0.05, 0.1) is 24.8 Å². The summed E-state index contributed by atoms with van der Waals surface area (Å²) in [7, 11) is 0. The number of anilines is 1. The number of nitrogens with zero attached hydrogens (tertiary/aromatic N) is 2. The summed E-state index contributed by atoms with van der Waals surface area (Å²) in [5.41, 5.74) is 1.68. The molecule has 1 atom stereocenters. The van der Waals surface area contributed by atoms with E-state index in [0.717, 1.165) is 24.2 Å². The highest BCUT2D eigenvalue weighted by molar-refractivity contribution is 5.78. The molecule has 1 N–H and O–H groups in total. The first kappa shape index (κ1) is 25.5. The van der Waals surface area contributed by atoms with E-state index in [1.807, 2.05) is 36.1 Å².